The maximum atomic E-state index is 12.4. The Kier molecular flexibility index (Phi) is 3.86. The molecule has 3 aromatic rings. The average molecular weight is 343 g/mol. The lowest BCUT2D eigenvalue weighted by atomic mass is 9.95. The molecule has 1 unspecified atom stereocenters. The first-order valence-corrected chi connectivity index (χ1v) is 8.60. The number of nitrogens with one attached hydrogen (secondary N) is 1. The molecule has 1 aliphatic rings. The molecular weight excluding hydrogens is 326 g/mol. The fourth-order valence-electron chi connectivity index (χ4n) is 2.91. The van der Waals surface area contributed by atoms with Crippen LogP contribution in [-0.4, -0.2) is 29.0 Å². The molecule has 0 spiro atoms. The van der Waals surface area contributed by atoms with E-state index in [0.717, 1.165) is 22.0 Å². The molecule has 6 nitrogen and oxygen atoms in total. The van der Waals surface area contributed by atoms with Crippen molar-refractivity contribution in [3.63, 3.8) is 0 Å². The number of aromatic nitrogens is 2. The Labute approximate surface area is 143 Å². The highest BCUT2D eigenvalue weighted by Crippen LogP contribution is 2.36. The lowest BCUT2D eigenvalue weighted by Gasteiger charge is -2.25. The lowest BCUT2D eigenvalue weighted by Crippen LogP contribution is -2.37. The number of imidazole rings is 1. The van der Waals surface area contributed by atoms with Crippen LogP contribution in [0.25, 0.3) is 4.96 Å². The van der Waals surface area contributed by atoms with Crippen molar-refractivity contribution in [3.05, 3.63) is 47.2 Å². The van der Waals surface area contributed by atoms with E-state index in [2.05, 4.69) is 10.3 Å². The number of rotatable bonds is 4. The Morgan fingerprint density at radius 1 is 1.54 bits per heavy atom. The SMILES string of the molecule is COc1cccc2c1OCC(C(=O)NCc1cn3ccsc3n1)C2. The lowest BCUT2D eigenvalue weighted by molar-refractivity contribution is -0.126. The van der Waals surface area contributed by atoms with E-state index in [9.17, 15) is 4.79 Å². The fraction of sp³-hybridized carbons (Fsp3) is 0.294. The molecule has 1 N–H and O–H groups in total. The maximum Gasteiger partial charge on any atom is 0.227 e. The van der Waals surface area contributed by atoms with Gasteiger partial charge in [-0.15, -0.1) is 11.3 Å². The van der Waals surface area contributed by atoms with Crippen LogP contribution in [0.1, 0.15) is 11.3 Å². The van der Waals surface area contributed by atoms with Crippen molar-refractivity contribution in [2.24, 2.45) is 5.92 Å². The van der Waals surface area contributed by atoms with Crippen molar-refractivity contribution in [2.75, 3.05) is 13.7 Å². The zero-order chi connectivity index (χ0) is 16.5. The van der Waals surface area contributed by atoms with Gasteiger partial charge in [-0.25, -0.2) is 4.98 Å². The number of fused-ring (bicyclic) bond motifs is 2. The predicted molar refractivity (Wildman–Crippen MR) is 90.6 cm³/mol. The topological polar surface area (TPSA) is 64.9 Å². The molecule has 7 heteroatoms. The van der Waals surface area contributed by atoms with E-state index in [4.69, 9.17) is 9.47 Å². The second kappa shape index (κ2) is 6.16. The van der Waals surface area contributed by atoms with E-state index in [1.54, 1.807) is 18.4 Å². The molecule has 0 aliphatic carbocycles. The molecular formula is C17H17N3O3S. The molecule has 0 saturated heterocycles. The number of thiazole rings is 1. The number of carbonyl (C=O) groups is 1. The molecule has 1 aromatic carbocycles. The first kappa shape index (κ1) is 15.0. The number of carbonyl (C=O) groups excluding carboxylic acids is 1. The van der Waals surface area contributed by atoms with Crippen LogP contribution in [0, 0.1) is 5.92 Å². The summed E-state index contributed by atoms with van der Waals surface area (Å²) in [5.74, 6) is 1.25. The average Bonchev–Trinajstić information content (AvgIpc) is 3.20. The third kappa shape index (κ3) is 2.71. The quantitative estimate of drug-likeness (QED) is 0.789. The third-order valence-electron chi connectivity index (χ3n) is 4.13. The molecule has 0 saturated carbocycles. The summed E-state index contributed by atoms with van der Waals surface area (Å²) in [4.78, 5) is 17.8. The van der Waals surface area contributed by atoms with Gasteiger partial charge in [-0.1, -0.05) is 12.1 Å². The van der Waals surface area contributed by atoms with Crippen LogP contribution < -0.4 is 14.8 Å². The summed E-state index contributed by atoms with van der Waals surface area (Å²) in [7, 11) is 1.62. The molecule has 3 heterocycles. The zero-order valence-corrected chi connectivity index (χ0v) is 14.0. The van der Waals surface area contributed by atoms with Gasteiger partial charge in [0.25, 0.3) is 0 Å². The van der Waals surface area contributed by atoms with Gasteiger partial charge in [-0.2, -0.15) is 0 Å². The van der Waals surface area contributed by atoms with E-state index in [1.807, 2.05) is 40.4 Å². The number of hydrogen-bond donors (Lipinski definition) is 1. The van der Waals surface area contributed by atoms with Crippen molar-refractivity contribution in [2.45, 2.75) is 13.0 Å². The van der Waals surface area contributed by atoms with Crippen LogP contribution >= 0.6 is 11.3 Å². The second-order valence-corrected chi connectivity index (χ2v) is 6.58. The Morgan fingerprint density at radius 2 is 2.46 bits per heavy atom. The Balaban J connectivity index is 1.41. The van der Waals surface area contributed by atoms with Crippen molar-refractivity contribution >= 4 is 22.2 Å². The standard InChI is InChI=1S/C17H17N3O3S/c1-22-14-4-2-3-11-7-12(10-23-15(11)14)16(21)18-8-13-9-20-5-6-24-17(20)19-13/h2-6,9,12H,7-8,10H2,1H3,(H,18,21). The minimum Gasteiger partial charge on any atom is -0.493 e. The minimum absolute atomic E-state index is 0.0141. The van der Waals surface area contributed by atoms with Crippen molar-refractivity contribution < 1.29 is 14.3 Å². The van der Waals surface area contributed by atoms with Gasteiger partial charge in [0, 0.05) is 17.8 Å². The largest absolute Gasteiger partial charge is 0.493 e. The molecule has 124 valence electrons. The van der Waals surface area contributed by atoms with Crippen LogP contribution in [0.3, 0.4) is 0 Å². The highest BCUT2D eigenvalue weighted by atomic mass is 32.1. The molecule has 1 aliphatic heterocycles. The predicted octanol–water partition coefficient (Wildman–Crippen LogP) is 2.27. The summed E-state index contributed by atoms with van der Waals surface area (Å²) >= 11 is 1.57. The number of amides is 1. The summed E-state index contributed by atoms with van der Waals surface area (Å²) in [5, 5.41) is 4.94. The van der Waals surface area contributed by atoms with Gasteiger partial charge in [0.2, 0.25) is 5.91 Å². The van der Waals surface area contributed by atoms with E-state index in [0.29, 0.717) is 25.3 Å². The zero-order valence-electron chi connectivity index (χ0n) is 13.2. The van der Waals surface area contributed by atoms with Gasteiger partial charge < -0.3 is 14.8 Å². The summed E-state index contributed by atoms with van der Waals surface area (Å²) in [5.41, 5.74) is 1.86. The highest BCUT2D eigenvalue weighted by Gasteiger charge is 2.27. The third-order valence-corrected chi connectivity index (χ3v) is 4.90. The van der Waals surface area contributed by atoms with Crippen LogP contribution in [0.2, 0.25) is 0 Å². The second-order valence-electron chi connectivity index (χ2n) is 5.70. The monoisotopic (exact) mass is 343 g/mol. The van der Waals surface area contributed by atoms with Gasteiger partial charge in [0.05, 0.1) is 25.3 Å². The van der Waals surface area contributed by atoms with Crippen LogP contribution in [-0.2, 0) is 17.8 Å². The van der Waals surface area contributed by atoms with Gasteiger partial charge in [-0.05, 0) is 18.1 Å². The number of para-hydroxylation sites is 1. The molecule has 24 heavy (non-hydrogen) atoms. The molecule has 0 bridgehead atoms. The van der Waals surface area contributed by atoms with Gasteiger partial charge in [0.1, 0.15) is 6.61 Å². The Hall–Kier alpha value is -2.54. The first-order valence-electron chi connectivity index (χ1n) is 7.72. The number of nitrogens with zero attached hydrogens (tertiary/aromatic N) is 2. The van der Waals surface area contributed by atoms with E-state index < -0.39 is 0 Å². The molecule has 2 aromatic heterocycles. The van der Waals surface area contributed by atoms with E-state index >= 15 is 0 Å². The molecule has 0 radical (unpaired) electrons. The van der Waals surface area contributed by atoms with E-state index in [1.165, 1.54) is 0 Å². The van der Waals surface area contributed by atoms with Gasteiger partial charge >= 0.3 is 0 Å². The Bertz CT molecular complexity index is 858. The van der Waals surface area contributed by atoms with Gasteiger partial charge in [0.15, 0.2) is 16.5 Å². The Morgan fingerprint density at radius 3 is 3.29 bits per heavy atom. The molecule has 1 amide bonds. The van der Waals surface area contributed by atoms with Crippen molar-refractivity contribution in [3.8, 4) is 11.5 Å². The number of methoxy groups -OCH3 is 1. The van der Waals surface area contributed by atoms with Gasteiger partial charge in [-0.3, -0.25) is 9.20 Å². The molecule has 4 rings (SSSR count). The highest BCUT2D eigenvalue weighted by molar-refractivity contribution is 7.15. The fourth-order valence-corrected chi connectivity index (χ4v) is 3.63. The molecule has 1 atom stereocenters. The summed E-state index contributed by atoms with van der Waals surface area (Å²) in [6, 6.07) is 5.75. The van der Waals surface area contributed by atoms with Crippen molar-refractivity contribution in [1.82, 2.24) is 14.7 Å². The maximum absolute atomic E-state index is 12.4. The summed E-state index contributed by atoms with van der Waals surface area (Å²) in [6.45, 7) is 0.784. The minimum atomic E-state index is -0.201. The van der Waals surface area contributed by atoms with Crippen LogP contribution in [0.5, 0.6) is 11.5 Å². The number of ether oxygens (including phenoxy) is 2. The van der Waals surface area contributed by atoms with E-state index in [-0.39, 0.29) is 11.8 Å². The number of hydrogen-bond acceptors (Lipinski definition) is 5. The van der Waals surface area contributed by atoms with Crippen LogP contribution in [0.4, 0.5) is 0 Å². The van der Waals surface area contributed by atoms with Crippen LogP contribution in [0.15, 0.2) is 36.0 Å². The van der Waals surface area contributed by atoms with Crippen molar-refractivity contribution in [1.29, 1.82) is 0 Å². The molecule has 0 fully saturated rings. The number of benzene rings is 1. The normalized spacial score (nSPS) is 16.5. The first-order chi connectivity index (χ1) is 11.7. The summed E-state index contributed by atoms with van der Waals surface area (Å²) in [6.07, 6.45) is 4.54. The summed E-state index contributed by atoms with van der Waals surface area (Å²) < 4.78 is 13.0. The smallest absolute Gasteiger partial charge is 0.227 e.